The van der Waals surface area contributed by atoms with Crippen LogP contribution >= 0.6 is 0 Å². The molecule has 3 aromatic rings. The Morgan fingerprint density at radius 1 is 1.09 bits per heavy atom. The molecule has 0 aliphatic rings. The van der Waals surface area contributed by atoms with Crippen LogP contribution in [-0.2, 0) is 6.42 Å². The fourth-order valence-corrected chi connectivity index (χ4v) is 5.01. The molecule has 6 heteroatoms. The van der Waals surface area contributed by atoms with Crippen molar-refractivity contribution in [2.75, 3.05) is 0 Å². The van der Waals surface area contributed by atoms with E-state index in [1.807, 2.05) is 62.6 Å². The number of carbonyl (C=O) groups is 1. The topological polar surface area (TPSA) is 64.3 Å². The number of phenols is 1. The zero-order valence-corrected chi connectivity index (χ0v) is 23.0. The summed E-state index contributed by atoms with van der Waals surface area (Å²) in [7, 11) is -2.08. The second-order valence-electron chi connectivity index (χ2n) is 10.8. The Morgan fingerprint density at radius 2 is 1.71 bits per heavy atom. The van der Waals surface area contributed by atoms with Gasteiger partial charge in [0.25, 0.3) is 8.32 Å². The van der Waals surface area contributed by atoms with E-state index in [0.717, 1.165) is 33.7 Å². The third kappa shape index (κ3) is 4.83. The molecule has 0 radical (unpaired) electrons. The van der Waals surface area contributed by atoms with Gasteiger partial charge in [0, 0.05) is 29.6 Å². The van der Waals surface area contributed by atoms with E-state index in [-0.39, 0.29) is 22.5 Å². The zero-order valence-electron chi connectivity index (χ0n) is 22.0. The summed E-state index contributed by atoms with van der Waals surface area (Å²) in [5, 5.41) is 11.1. The van der Waals surface area contributed by atoms with Crippen LogP contribution in [0, 0.1) is 26.7 Å². The number of hydrogen-bond acceptors (Lipinski definition) is 4. The predicted molar refractivity (Wildman–Crippen MR) is 141 cm³/mol. The molecule has 1 heterocycles. The number of Topliss-reactive ketones (excluding diaryl/α,β-unsaturated/α-hetero) is 1. The molecule has 3 rings (SSSR count). The largest absolute Gasteiger partial charge is 0.543 e. The van der Waals surface area contributed by atoms with Gasteiger partial charge in [0.1, 0.15) is 11.5 Å². The smallest absolute Gasteiger partial charge is 0.250 e. The minimum Gasteiger partial charge on any atom is -0.543 e. The van der Waals surface area contributed by atoms with Gasteiger partial charge in [-0.15, -0.1) is 0 Å². The number of aromatic hydroxyl groups is 1. The summed E-state index contributed by atoms with van der Waals surface area (Å²) in [6.45, 7) is 18.9. The van der Waals surface area contributed by atoms with E-state index in [2.05, 4.69) is 38.8 Å². The number of benzene rings is 2. The molecule has 5 nitrogen and oxygen atoms in total. The number of ketones is 1. The summed E-state index contributed by atoms with van der Waals surface area (Å²) in [4.78, 5) is 17.8. The number of phenolic OH excluding ortho intramolecular Hbond substituents is 1. The molecule has 1 unspecified atom stereocenters. The molecule has 1 aromatic heterocycles. The lowest BCUT2D eigenvalue weighted by molar-refractivity contribution is 0.0917. The zero-order chi connectivity index (χ0) is 25.4. The van der Waals surface area contributed by atoms with E-state index < -0.39 is 8.32 Å². The molecule has 182 valence electrons. The standard InChI is InChI=1S/C28H38N2O3Si/c1-18(24(31)27-29-15-16-30(27)22-13-11-10-12-14-22)17-23-21(4)26(20(3)19(2)25(23)32)33-34(8,9)28(5,6)7/h10-16,18,32H,17H2,1-9H3. The Hall–Kier alpha value is -2.86. The van der Waals surface area contributed by atoms with Gasteiger partial charge >= 0.3 is 0 Å². The maximum absolute atomic E-state index is 13.4. The highest BCUT2D eigenvalue weighted by Crippen LogP contribution is 2.43. The van der Waals surface area contributed by atoms with Crippen LogP contribution in [-0.4, -0.2) is 28.8 Å². The number of hydrogen-bond donors (Lipinski definition) is 1. The van der Waals surface area contributed by atoms with Crippen molar-refractivity contribution in [3.05, 3.63) is 70.8 Å². The van der Waals surface area contributed by atoms with Crippen molar-refractivity contribution in [1.82, 2.24) is 9.55 Å². The Morgan fingerprint density at radius 3 is 2.29 bits per heavy atom. The minimum absolute atomic E-state index is 0.0512. The van der Waals surface area contributed by atoms with Crippen LogP contribution in [0.5, 0.6) is 11.5 Å². The van der Waals surface area contributed by atoms with E-state index in [0.29, 0.717) is 12.2 Å². The molecule has 0 aliphatic carbocycles. The van der Waals surface area contributed by atoms with Gasteiger partial charge < -0.3 is 9.53 Å². The number of para-hydroxylation sites is 1. The van der Waals surface area contributed by atoms with Crippen molar-refractivity contribution in [2.24, 2.45) is 5.92 Å². The predicted octanol–water partition coefficient (Wildman–Crippen LogP) is 6.95. The van der Waals surface area contributed by atoms with Crippen LogP contribution in [0.2, 0.25) is 18.1 Å². The Bertz CT molecular complexity index is 1190. The van der Waals surface area contributed by atoms with Crippen LogP contribution in [0.1, 0.15) is 60.6 Å². The minimum atomic E-state index is -2.08. The van der Waals surface area contributed by atoms with Gasteiger partial charge in [0.2, 0.25) is 5.78 Å². The fraction of sp³-hybridized carbons (Fsp3) is 0.429. The first kappa shape index (κ1) is 25.8. The van der Waals surface area contributed by atoms with Crippen molar-refractivity contribution < 1.29 is 14.3 Å². The lowest BCUT2D eigenvalue weighted by Crippen LogP contribution is -2.44. The normalized spacial score (nSPS) is 13.1. The van der Waals surface area contributed by atoms with Crippen molar-refractivity contribution in [2.45, 2.75) is 73.0 Å². The summed E-state index contributed by atoms with van der Waals surface area (Å²) in [6, 6.07) is 9.72. The Balaban J connectivity index is 1.97. The van der Waals surface area contributed by atoms with E-state index in [9.17, 15) is 9.90 Å². The van der Waals surface area contributed by atoms with Crippen molar-refractivity contribution in [3.63, 3.8) is 0 Å². The van der Waals surface area contributed by atoms with Crippen LogP contribution in [0.4, 0.5) is 0 Å². The summed E-state index contributed by atoms with van der Waals surface area (Å²) in [5.41, 5.74) is 4.35. The van der Waals surface area contributed by atoms with Crippen LogP contribution in [0.3, 0.4) is 0 Å². The van der Waals surface area contributed by atoms with Gasteiger partial charge in [-0.2, -0.15) is 0 Å². The fourth-order valence-electron chi connectivity index (χ4n) is 3.88. The molecule has 0 amide bonds. The summed E-state index contributed by atoms with van der Waals surface area (Å²) < 4.78 is 8.54. The molecule has 0 saturated heterocycles. The number of rotatable bonds is 7. The van der Waals surface area contributed by atoms with E-state index in [4.69, 9.17) is 4.43 Å². The average Bonchev–Trinajstić information content (AvgIpc) is 3.27. The third-order valence-corrected chi connectivity index (χ3v) is 11.7. The number of carbonyl (C=O) groups excluding carboxylic acids is 1. The van der Waals surface area contributed by atoms with Gasteiger partial charge in [0.05, 0.1) is 0 Å². The maximum atomic E-state index is 13.4. The second-order valence-corrected chi connectivity index (χ2v) is 15.5. The summed E-state index contributed by atoms with van der Waals surface area (Å²) in [6.07, 6.45) is 3.86. The molecule has 0 spiro atoms. The molecule has 0 saturated carbocycles. The summed E-state index contributed by atoms with van der Waals surface area (Å²) >= 11 is 0. The Kier molecular flexibility index (Phi) is 7.13. The van der Waals surface area contributed by atoms with E-state index in [1.165, 1.54) is 0 Å². The maximum Gasteiger partial charge on any atom is 0.250 e. The molecule has 34 heavy (non-hydrogen) atoms. The van der Waals surface area contributed by atoms with E-state index >= 15 is 0 Å². The summed E-state index contributed by atoms with van der Waals surface area (Å²) in [5.74, 6) is 1.08. The second kappa shape index (κ2) is 9.41. The van der Waals surface area contributed by atoms with Crippen molar-refractivity contribution in [1.29, 1.82) is 0 Å². The van der Waals surface area contributed by atoms with Gasteiger partial charge in [-0.05, 0) is 74.1 Å². The van der Waals surface area contributed by atoms with Crippen LogP contribution in [0.25, 0.3) is 5.69 Å². The van der Waals surface area contributed by atoms with Gasteiger partial charge in [-0.25, -0.2) is 4.98 Å². The lowest BCUT2D eigenvalue weighted by Gasteiger charge is -2.38. The van der Waals surface area contributed by atoms with Gasteiger partial charge in [-0.3, -0.25) is 9.36 Å². The third-order valence-electron chi connectivity index (χ3n) is 7.35. The first-order valence-corrected chi connectivity index (χ1v) is 14.8. The van der Waals surface area contributed by atoms with Gasteiger partial charge in [-0.1, -0.05) is 45.9 Å². The first-order valence-electron chi connectivity index (χ1n) is 11.9. The monoisotopic (exact) mass is 478 g/mol. The average molecular weight is 479 g/mol. The number of aromatic nitrogens is 2. The highest BCUT2D eigenvalue weighted by Gasteiger charge is 2.40. The lowest BCUT2D eigenvalue weighted by atomic mass is 9.89. The van der Waals surface area contributed by atoms with Crippen molar-refractivity contribution in [3.8, 4) is 17.2 Å². The molecular weight excluding hydrogens is 440 g/mol. The molecule has 2 aromatic carbocycles. The Labute approximate surface area is 205 Å². The molecule has 0 aliphatic heterocycles. The molecule has 1 N–H and O–H groups in total. The molecule has 0 bridgehead atoms. The highest BCUT2D eigenvalue weighted by molar-refractivity contribution is 6.74. The SMILES string of the molecule is Cc1c(C)c(O[Si](C)(C)C(C)(C)C)c(C)c(CC(C)C(=O)c2nccn2-c2ccccc2)c1O. The van der Waals surface area contributed by atoms with Crippen LogP contribution < -0.4 is 4.43 Å². The van der Waals surface area contributed by atoms with Crippen molar-refractivity contribution >= 4 is 14.1 Å². The molecule has 1 atom stereocenters. The number of imidazole rings is 1. The van der Waals surface area contributed by atoms with E-state index in [1.54, 1.807) is 12.4 Å². The molecular formula is C28H38N2O3Si. The molecule has 0 fully saturated rings. The number of nitrogens with zero attached hydrogens (tertiary/aromatic N) is 2. The first-order chi connectivity index (χ1) is 15.8. The van der Waals surface area contributed by atoms with Gasteiger partial charge in [0.15, 0.2) is 5.82 Å². The quantitative estimate of drug-likeness (QED) is 0.295. The van der Waals surface area contributed by atoms with Crippen LogP contribution in [0.15, 0.2) is 42.7 Å². The highest BCUT2D eigenvalue weighted by atomic mass is 28.4.